The third-order valence-corrected chi connectivity index (χ3v) is 6.21. The number of para-hydroxylation sites is 1. The molecule has 2 fully saturated rings. The normalized spacial score (nSPS) is 17.6. The minimum absolute atomic E-state index is 0. The number of β-amino-alcohol motifs (C(OH)–C–C–N with tert-alkyl or cyclic N) is 1. The van der Waals surface area contributed by atoms with Crippen LogP contribution in [0.15, 0.2) is 54.6 Å². The number of likely N-dealkylation sites (tertiary alicyclic amines) is 1. The Balaban J connectivity index is 0.00000324. The molecule has 0 spiro atoms. The van der Waals surface area contributed by atoms with Gasteiger partial charge in [0.2, 0.25) is 5.91 Å². The standard InChI is InChI=1S/C26H32FN3O3.ClH/c27-22-8-10-23(11-9-22)29-17-15-28(16-18-29)19-24(31)20-33-25-6-2-1-5-21(25)7-12-26(32)30-13-3-4-14-30;/h1-2,5-12,24,31H,3-4,13-20H2;1H. The van der Waals surface area contributed by atoms with Crippen LogP contribution in [0.2, 0.25) is 0 Å². The molecular formula is C26H33ClFN3O3. The van der Waals surface area contributed by atoms with Crippen LogP contribution in [0.1, 0.15) is 18.4 Å². The van der Waals surface area contributed by atoms with Gasteiger partial charge in [-0.05, 0) is 49.2 Å². The molecule has 2 aliphatic heterocycles. The second-order valence-electron chi connectivity index (χ2n) is 8.63. The number of nitrogens with zero attached hydrogens (tertiary/aromatic N) is 3. The summed E-state index contributed by atoms with van der Waals surface area (Å²) in [6.45, 7) is 5.68. The molecule has 0 aliphatic carbocycles. The molecule has 8 heteroatoms. The summed E-state index contributed by atoms with van der Waals surface area (Å²) in [7, 11) is 0. The van der Waals surface area contributed by atoms with Crippen LogP contribution in [0.25, 0.3) is 6.08 Å². The number of aliphatic hydroxyl groups excluding tert-OH is 1. The van der Waals surface area contributed by atoms with E-state index in [2.05, 4.69) is 9.80 Å². The number of halogens is 2. The van der Waals surface area contributed by atoms with Crippen molar-refractivity contribution in [1.29, 1.82) is 0 Å². The molecule has 0 aromatic heterocycles. The maximum Gasteiger partial charge on any atom is 0.246 e. The molecule has 2 saturated heterocycles. The molecule has 4 rings (SSSR count). The number of ether oxygens (including phenoxy) is 1. The van der Waals surface area contributed by atoms with E-state index >= 15 is 0 Å². The van der Waals surface area contributed by atoms with E-state index in [1.54, 1.807) is 24.3 Å². The first-order valence-electron chi connectivity index (χ1n) is 11.7. The van der Waals surface area contributed by atoms with Crippen molar-refractivity contribution in [3.05, 3.63) is 66.0 Å². The lowest BCUT2D eigenvalue weighted by atomic mass is 10.2. The van der Waals surface area contributed by atoms with E-state index in [4.69, 9.17) is 4.74 Å². The predicted octanol–water partition coefficient (Wildman–Crippen LogP) is 3.45. The summed E-state index contributed by atoms with van der Waals surface area (Å²) in [6, 6.07) is 14.1. The summed E-state index contributed by atoms with van der Waals surface area (Å²) >= 11 is 0. The lowest BCUT2D eigenvalue weighted by molar-refractivity contribution is -0.124. The summed E-state index contributed by atoms with van der Waals surface area (Å²) < 4.78 is 19.0. The molecule has 0 saturated carbocycles. The van der Waals surface area contributed by atoms with Gasteiger partial charge >= 0.3 is 0 Å². The third kappa shape index (κ3) is 7.19. The maximum absolute atomic E-state index is 13.1. The SMILES string of the molecule is Cl.O=C(C=Cc1ccccc1OCC(O)CN1CCN(c2ccc(F)cc2)CC1)N1CCCC1. The van der Waals surface area contributed by atoms with E-state index in [1.807, 2.05) is 29.2 Å². The van der Waals surface area contributed by atoms with Gasteiger partial charge in [-0.3, -0.25) is 9.69 Å². The molecule has 0 radical (unpaired) electrons. The van der Waals surface area contributed by atoms with Crippen molar-refractivity contribution in [2.75, 3.05) is 57.3 Å². The molecule has 2 heterocycles. The third-order valence-electron chi connectivity index (χ3n) is 6.21. The Hall–Kier alpha value is -2.61. The quantitative estimate of drug-likeness (QED) is 0.576. The number of carbonyl (C=O) groups is 1. The van der Waals surface area contributed by atoms with Crippen LogP contribution < -0.4 is 9.64 Å². The Bertz CT molecular complexity index is 943. The topological polar surface area (TPSA) is 56.3 Å². The minimum atomic E-state index is -0.620. The number of aliphatic hydroxyl groups is 1. The molecule has 1 amide bonds. The van der Waals surface area contributed by atoms with E-state index in [9.17, 15) is 14.3 Å². The van der Waals surface area contributed by atoms with Crippen LogP contribution in [-0.2, 0) is 4.79 Å². The second kappa shape index (κ2) is 12.7. The fraction of sp³-hybridized carbons (Fsp3) is 0.423. The van der Waals surface area contributed by atoms with Gasteiger partial charge in [0.25, 0.3) is 0 Å². The van der Waals surface area contributed by atoms with E-state index in [0.717, 1.165) is 63.4 Å². The number of hydrogen-bond donors (Lipinski definition) is 1. The van der Waals surface area contributed by atoms with E-state index in [0.29, 0.717) is 12.3 Å². The summed E-state index contributed by atoms with van der Waals surface area (Å²) in [4.78, 5) is 18.6. The van der Waals surface area contributed by atoms with Crippen molar-refractivity contribution < 1.29 is 19.0 Å². The van der Waals surface area contributed by atoms with Gasteiger partial charge in [-0.25, -0.2) is 4.39 Å². The average Bonchev–Trinajstić information content (AvgIpc) is 3.38. The van der Waals surface area contributed by atoms with E-state index < -0.39 is 6.10 Å². The first-order chi connectivity index (χ1) is 16.1. The Kier molecular flexibility index (Phi) is 9.74. The zero-order chi connectivity index (χ0) is 23.0. The molecule has 1 unspecified atom stereocenters. The van der Waals surface area contributed by atoms with Crippen LogP contribution >= 0.6 is 12.4 Å². The van der Waals surface area contributed by atoms with Crippen LogP contribution in [0, 0.1) is 5.82 Å². The number of benzene rings is 2. The van der Waals surface area contributed by atoms with Gasteiger partial charge in [0.05, 0.1) is 0 Å². The van der Waals surface area contributed by atoms with Crippen molar-refractivity contribution in [3.8, 4) is 5.75 Å². The summed E-state index contributed by atoms with van der Waals surface area (Å²) in [5, 5.41) is 10.5. The van der Waals surface area contributed by atoms with Gasteiger partial charge in [0, 0.05) is 63.1 Å². The number of piperazine rings is 1. The van der Waals surface area contributed by atoms with E-state index in [1.165, 1.54) is 12.1 Å². The summed E-state index contributed by atoms with van der Waals surface area (Å²) in [6.07, 6.45) is 4.91. The Morgan fingerprint density at radius 2 is 1.68 bits per heavy atom. The number of rotatable bonds is 8. The number of amides is 1. The summed E-state index contributed by atoms with van der Waals surface area (Å²) in [5.74, 6) is 0.459. The molecule has 2 aromatic carbocycles. The van der Waals surface area contributed by atoms with Gasteiger partial charge in [0.15, 0.2) is 0 Å². The molecule has 6 nitrogen and oxygen atoms in total. The van der Waals surface area contributed by atoms with Gasteiger partial charge in [-0.1, -0.05) is 18.2 Å². The highest BCUT2D eigenvalue weighted by molar-refractivity contribution is 5.92. The number of anilines is 1. The predicted molar refractivity (Wildman–Crippen MR) is 135 cm³/mol. The van der Waals surface area contributed by atoms with Gasteiger partial charge in [-0.15, -0.1) is 12.4 Å². The van der Waals surface area contributed by atoms with Crippen molar-refractivity contribution in [3.63, 3.8) is 0 Å². The average molecular weight is 490 g/mol. The van der Waals surface area contributed by atoms with Crippen LogP contribution in [0.4, 0.5) is 10.1 Å². The fourth-order valence-corrected chi connectivity index (χ4v) is 4.33. The van der Waals surface area contributed by atoms with E-state index in [-0.39, 0.29) is 30.7 Å². The van der Waals surface area contributed by atoms with Crippen LogP contribution in [-0.4, -0.2) is 79.3 Å². The Morgan fingerprint density at radius 3 is 2.38 bits per heavy atom. The number of carbonyl (C=O) groups excluding carboxylic acids is 1. The fourth-order valence-electron chi connectivity index (χ4n) is 4.33. The largest absolute Gasteiger partial charge is 0.490 e. The van der Waals surface area contributed by atoms with Gasteiger partial charge in [0.1, 0.15) is 24.3 Å². The first kappa shape index (κ1) is 26.0. The zero-order valence-corrected chi connectivity index (χ0v) is 20.1. The molecule has 34 heavy (non-hydrogen) atoms. The summed E-state index contributed by atoms with van der Waals surface area (Å²) in [5.41, 5.74) is 1.85. The molecule has 2 aliphatic rings. The Labute approximate surface area is 207 Å². The molecule has 0 bridgehead atoms. The number of hydrogen-bond acceptors (Lipinski definition) is 5. The van der Waals surface area contributed by atoms with Crippen molar-refractivity contribution in [1.82, 2.24) is 9.80 Å². The van der Waals surface area contributed by atoms with Crippen molar-refractivity contribution in [2.45, 2.75) is 18.9 Å². The second-order valence-corrected chi connectivity index (χ2v) is 8.63. The first-order valence-corrected chi connectivity index (χ1v) is 11.7. The highest BCUT2D eigenvalue weighted by atomic mass is 35.5. The van der Waals surface area contributed by atoms with Crippen LogP contribution in [0.5, 0.6) is 5.75 Å². The molecule has 1 N–H and O–H groups in total. The molecular weight excluding hydrogens is 457 g/mol. The highest BCUT2D eigenvalue weighted by Gasteiger charge is 2.20. The maximum atomic E-state index is 13.1. The lowest BCUT2D eigenvalue weighted by Crippen LogP contribution is -2.49. The van der Waals surface area contributed by atoms with Gasteiger partial charge in [-0.2, -0.15) is 0 Å². The zero-order valence-electron chi connectivity index (χ0n) is 19.3. The smallest absolute Gasteiger partial charge is 0.246 e. The minimum Gasteiger partial charge on any atom is -0.490 e. The molecule has 2 aromatic rings. The monoisotopic (exact) mass is 489 g/mol. The van der Waals surface area contributed by atoms with Gasteiger partial charge < -0.3 is 19.6 Å². The highest BCUT2D eigenvalue weighted by Crippen LogP contribution is 2.21. The van der Waals surface area contributed by atoms with Crippen molar-refractivity contribution in [2.24, 2.45) is 0 Å². The van der Waals surface area contributed by atoms with Crippen molar-refractivity contribution >= 4 is 30.1 Å². The molecule has 1 atom stereocenters. The molecule has 184 valence electrons. The van der Waals surface area contributed by atoms with Crippen LogP contribution in [0.3, 0.4) is 0 Å². The Morgan fingerprint density at radius 1 is 1.00 bits per heavy atom. The lowest BCUT2D eigenvalue weighted by Gasteiger charge is -2.36.